The number of aromatic amines is 1. The lowest BCUT2D eigenvalue weighted by molar-refractivity contribution is -0.116. The first kappa shape index (κ1) is 21.0. The molecule has 1 aromatic carbocycles. The maximum atomic E-state index is 12.5. The van der Waals surface area contributed by atoms with Crippen molar-refractivity contribution in [3.63, 3.8) is 0 Å². The minimum Gasteiger partial charge on any atom is -0.378 e. The molecule has 2 heterocycles. The molecule has 1 aliphatic heterocycles. The van der Waals surface area contributed by atoms with Gasteiger partial charge in [-0.15, -0.1) is 0 Å². The number of nitrogens with zero attached hydrogens (tertiary/aromatic N) is 2. The van der Waals surface area contributed by atoms with Gasteiger partial charge in [0, 0.05) is 37.0 Å². The number of hydrogen-bond acceptors (Lipinski definition) is 7. The van der Waals surface area contributed by atoms with Crippen LogP contribution in [0.15, 0.2) is 34.0 Å². The molecular formula is C19H24N4O5S. The second-order valence-electron chi connectivity index (χ2n) is 6.87. The van der Waals surface area contributed by atoms with Crippen molar-refractivity contribution in [2.24, 2.45) is 0 Å². The van der Waals surface area contributed by atoms with Crippen LogP contribution in [-0.4, -0.2) is 56.9 Å². The highest BCUT2D eigenvalue weighted by molar-refractivity contribution is 7.90. The van der Waals surface area contributed by atoms with Gasteiger partial charge in [-0.25, -0.2) is 13.4 Å². The molecule has 29 heavy (non-hydrogen) atoms. The van der Waals surface area contributed by atoms with Crippen LogP contribution >= 0.6 is 0 Å². The molecule has 0 bridgehead atoms. The van der Waals surface area contributed by atoms with Crippen LogP contribution in [0.3, 0.4) is 0 Å². The second kappa shape index (κ2) is 8.75. The number of sulfone groups is 1. The van der Waals surface area contributed by atoms with Gasteiger partial charge in [0.2, 0.25) is 11.9 Å². The van der Waals surface area contributed by atoms with E-state index in [-0.39, 0.29) is 34.9 Å². The summed E-state index contributed by atoms with van der Waals surface area (Å²) in [5.41, 5.74) is 0.961. The molecule has 0 spiro atoms. The topological polar surface area (TPSA) is 121 Å². The summed E-state index contributed by atoms with van der Waals surface area (Å²) in [6.45, 7) is 4.22. The number of anilines is 2. The molecule has 156 valence electrons. The molecule has 0 unspecified atom stereocenters. The summed E-state index contributed by atoms with van der Waals surface area (Å²) >= 11 is 0. The largest absolute Gasteiger partial charge is 0.378 e. The van der Waals surface area contributed by atoms with Crippen molar-refractivity contribution in [1.82, 2.24) is 9.97 Å². The van der Waals surface area contributed by atoms with Crippen LogP contribution in [0.1, 0.15) is 17.7 Å². The molecule has 3 rings (SSSR count). The van der Waals surface area contributed by atoms with Gasteiger partial charge in [0.25, 0.3) is 5.56 Å². The molecule has 2 aromatic rings. The van der Waals surface area contributed by atoms with Crippen molar-refractivity contribution in [3.8, 4) is 0 Å². The normalized spacial score (nSPS) is 14.6. The Balaban J connectivity index is 1.69. The molecule has 1 aliphatic rings. The van der Waals surface area contributed by atoms with Crippen molar-refractivity contribution in [2.45, 2.75) is 24.7 Å². The Kier molecular flexibility index (Phi) is 6.33. The number of morpholine rings is 1. The van der Waals surface area contributed by atoms with Crippen LogP contribution in [0, 0.1) is 6.92 Å². The van der Waals surface area contributed by atoms with E-state index >= 15 is 0 Å². The predicted molar refractivity (Wildman–Crippen MR) is 109 cm³/mol. The predicted octanol–water partition coefficient (Wildman–Crippen LogP) is 0.890. The first-order chi connectivity index (χ1) is 13.8. The Hall–Kier alpha value is -2.72. The van der Waals surface area contributed by atoms with E-state index in [1.807, 2.05) is 4.90 Å². The number of carbonyl (C=O) groups excluding carboxylic acids is 1. The Labute approximate surface area is 169 Å². The molecule has 2 N–H and O–H groups in total. The fourth-order valence-corrected chi connectivity index (χ4v) is 4.00. The minimum atomic E-state index is -3.47. The highest BCUT2D eigenvalue weighted by Gasteiger charge is 2.18. The third-order valence-electron chi connectivity index (χ3n) is 4.68. The van der Waals surface area contributed by atoms with E-state index in [1.165, 1.54) is 12.1 Å². The SMILES string of the molecule is Cc1nc(N2CCOCC2)[nH]c(=O)c1CCC(=O)Nc1ccccc1S(C)(=O)=O. The lowest BCUT2D eigenvalue weighted by Gasteiger charge is -2.27. The van der Waals surface area contributed by atoms with Gasteiger partial charge in [0.05, 0.1) is 23.8 Å². The number of ether oxygens (including phenoxy) is 1. The zero-order valence-corrected chi connectivity index (χ0v) is 17.2. The third kappa shape index (κ3) is 5.21. The van der Waals surface area contributed by atoms with Gasteiger partial charge in [-0.05, 0) is 25.5 Å². The van der Waals surface area contributed by atoms with Crippen LogP contribution in [0.5, 0.6) is 0 Å². The monoisotopic (exact) mass is 420 g/mol. The maximum Gasteiger partial charge on any atom is 0.255 e. The van der Waals surface area contributed by atoms with Crippen molar-refractivity contribution < 1.29 is 17.9 Å². The molecule has 1 amide bonds. The molecule has 1 saturated heterocycles. The highest BCUT2D eigenvalue weighted by Crippen LogP contribution is 2.21. The molecule has 0 atom stereocenters. The van der Waals surface area contributed by atoms with Gasteiger partial charge in [-0.2, -0.15) is 0 Å². The number of hydrogen-bond donors (Lipinski definition) is 2. The minimum absolute atomic E-state index is 0.0284. The Morgan fingerprint density at radius 2 is 1.97 bits per heavy atom. The van der Waals surface area contributed by atoms with E-state index in [1.54, 1.807) is 19.1 Å². The Bertz CT molecular complexity index is 1060. The van der Waals surface area contributed by atoms with Crippen LogP contribution in [0.25, 0.3) is 0 Å². The maximum absolute atomic E-state index is 12.5. The standard InChI is InChI=1S/C19H24N4O5S/c1-13-14(18(25)22-19(20-13)23-9-11-28-12-10-23)7-8-17(24)21-15-5-3-4-6-16(15)29(2,26)27/h3-6H,7-12H2,1-2H3,(H,21,24)(H,20,22,25). The zero-order valence-electron chi connectivity index (χ0n) is 16.4. The van der Waals surface area contributed by atoms with E-state index in [4.69, 9.17) is 4.74 Å². The van der Waals surface area contributed by atoms with Gasteiger partial charge in [0.15, 0.2) is 9.84 Å². The number of aromatic nitrogens is 2. The molecule has 10 heteroatoms. The number of nitrogens with one attached hydrogen (secondary N) is 2. The quantitative estimate of drug-likeness (QED) is 0.712. The van der Waals surface area contributed by atoms with E-state index in [0.29, 0.717) is 43.5 Å². The average Bonchev–Trinajstić information content (AvgIpc) is 2.67. The summed E-state index contributed by atoms with van der Waals surface area (Å²) in [5, 5.41) is 2.62. The molecular weight excluding hydrogens is 396 g/mol. The molecule has 0 radical (unpaired) electrons. The fourth-order valence-electron chi connectivity index (χ4n) is 3.16. The molecule has 0 saturated carbocycles. The molecule has 1 fully saturated rings. The Morgan fingerprint density at radius 3 is 2.62 bits per heavy atom. The summed E-state index contributed by atoms with van der Waals surface area (Å²) < 4.78 is 29.0. The van der Waals surface area contributed by atoms with E-state index < -0.39 is 9.84 Å². The van der Waals surface area contributed by atoms with Gasteiger partial charge in [-0.3, -0.25) is 14.6 Å². The number of aryl methyl sites for hydroxylation is 1. The number of para-hydroxylation sites is 1. The number of amides is 1. The van der Waals surface area contributed by atoms with Crippen LogP contribution in [-0.2, 0) is 25.8 Å². The summed E-state index contributed by atoms with van der Waals surface area (Å²) in [6.07, 6.45) is 1.31. The molecule has 9 nitrogen and oxygen atoms in total. The van der Waals surface area contributed by atoms with E-state index in [0.717, 1.165) is 6.26 Å². The van der Waals surface area contributed by atoms with Crippen LogP contribution < -0.4 is 15.8 Å². The zero-order chi connectivity index (χ0) is 21.0. The van der Waals surface area contributed by atoms with Gasteiger partial charge in [-0.1, -0.05) is 12.1 Å². The number of benzene rings is 1. The lowest BCUT2D eigenvalue weighted by atomic mass is 10.1. The van der Waals surface area contributed by atoms with Crippen LogP contribution in [0.4, 0.5) is 11.6 Å². The second-order valence-corrected chi connectivity index (χ2v) is 8.85. The van der Waals surface area contributed by atoms with E-state index in [9.17, 15) is 18.0 Å². The molecule has 1 aromatic heterocycles. The Morgan fingerprint density at radius 1 is 1.28 bits per heavy atom. The average molecular weight is 420 g/mol. The van der Waals surface area contributed by atoms with Gasteiger partial charge < -0.3 is 15.0 Å². The number of carbonyl (C=O) groups is 1. The van der Waals surface area contributed by atoms with Crippen molar-refractivity contribution >= 4 is 27.4 Å². The van der Waals surface area contributed by atoms with Crippen molar-refractivity contribution in [1.29, 1.82) is 0 Å². The summed E-state index contributed by atoms with van der Waals surface area (Å²) in [7, 11) is -3.47. The number of rotatable bonds is 6. The first-order valence-corrected chi connectivity index (χ1v) is 11.2. The van der Waals surface area contributed by atoms with E-state index in [2.05, 4.69) is 15.3 Å². The fraction of sp³-hybridized carbons (Fsp3) is 0.421. The van der Waals surface area contributed by atoms with Crippen molar-refractivity contribution in [2.75, 3.05) is 42.8 Å². The summed E-state index contributed by atoms with van der Waals surface area (Å²) in [6, 6.07) is 6.21. The highest BCUT2D eigenvalue weighted by atomic mass is 32.2. The first-order valence-electron chi connectivity index (χ1n) is 9.27. The summed E-state index contributed by atoms with van der Waals surface area (Å²) in [4.78, 5) is 34.1. The van der Waals surface area contributed by atoms with Gasteiger partial charge in [0.1, 0.15) is 0 Å². The molecule has 0 aliphatic carbocycles. The van der Waals surface area contributed by atoms with Crippen molar-refractivity contribution in [3.05, 3.63) is 45.9 Å². The lowest BCUT2D eigenvalue weighted by Crippen LogP contribution is -2.38. The summed E-state index contributed by atoms with van der Waals surface area (Å²) in [5.74, 6) is 0.128. The smallest absolute Gasteiger partial charge is 0.255 e. The third-order valence-corrected chi connectivity index (χ3v) is 5.84. The number of H-pyrrole nitrogens is 1. The van der Waals surface area contributed by atoms with Crippen LogP contribution in [0.2, 0.25) is 0 Å². The van der Waals surface area contributed by atoms with Gasteiger partial charge >= 0.3 is 0 Å².